The van der Waals surface area contributed by atoms with Crippen molar-refractivity contribution in [3.8, 4) is 144 Å². The van der Waals surface area contributed by atoms with Gasteiger partial charge in [-0.1, -0.05) is 30.3 Å². The number of aliphatic hydroxyl groups excluding tert-OH is 5. The summed E-state index contributed by atoms with van der Waals surface area (Å²) < 4.78 is 32.8. The van der Waals surface area contributed by atoms with Crippen molar-refractivity contribution in [1.82, 2.24) is 0 Å². The third kappa shape index (κ3) is 10.7. The van der Waals surface area contributed by atoms with Gasteiger partial charge < -0.3 is 151 Å². The molecule has 0 radical (unpaired) electrons. The number of fused-ring (bicyclic) bond motifs is 5. The van der Waals surface area contributed by atoms with Crippen molar-refractivity contribution in [2.75, 3.05) is 0 Å². The highest BCUT2D eigenvalue weighted by atomic mass is 16.5. The largest absolute Gasteiger partial charge is 0.508 e. The van der Waals surface area contributed by atoms with Gasteiger partial charge in [0.05, 0.1) is 29.8 Å². The zero-order valence-electron chi connectivity index (χ0n) is 53.6. The highest BCUT2D eigenvalue weighted by Crippen LogP contribution is 2.67. The zero-order valence-corrected chi connectivity index (χ0v) is 53.6. The Morgan fingerprint density at radius 1 is 0.219 bits per heavy atom. The summed E-state index contributed by atoms with van der Waals surface area (Å²) in [6.45, 7) is 0. The van der Waals surface area contributed by atoms with Gasteiger partial charge in [0.15, 0.2) is 81.9 Å². The number of phenolic OH excluding ortho intramolecular Hbond substituents is 20. The van der Waals surface area contributed by atoms with E-state index in [1.54, 1.807) is 0 Å². The van der Waals surface area contributed by atoms with Crippen LogP contribution in [-0.4, -0.2) is 158 Å². The number of aromatic hydroxyl groups is 20. The maximum atomic E-state index is 13.4. The second-order valence-electron chi connectivity index (χ2n) is 26.3. The molecule has 5 aliphatic heterocycles. The quantitative estimate of drug-likeness (QED) is 0.0628. The normalized spacial score (nSPS) is 24.2. The maximum Gasteiger partial charge on any atom is 0.157 e. The number of benzene rings is 10. The van der Waals surface area contributed by atoms with E-state index in [2.05, 4.69) is 0 Å². The third-order valence-corrected chi connectivity index (χ3v) is 20.2. The smallest absolute Gasteiger partial charge is 0.157 e. The second kappa shape index (κ2) is 24.6. The molecule has 0 amide bonds. The fourth-order valence-corrected chi connectivity index (χ4v) is 15.4. The summed E-state index contributed by atoms with van der Waals surface area (Å²) in [6, 6.07) is 20.7. The van der Waals surface area contributed by atoms with Gasteiger partial charge in [-0.2, -0.15) is 0 Å². The van der Waals surface area contributed by atoms with Crippen molar-refractivity contribution in [3.05, 3.63) is 205 Å². The van der Waals surface area contributed by atoms with Crippen molar-refractivity contribution in [2.45, 2.75) is 91.1 Å². The summed E-state index contributed by atoms with van der Waals surface area (Å²) in [6.07, 6.45) is -19.9. The van der Waals surface area contributed by atoms with Crippen LogP contribution in [0, 0.1) is 0 Å². The van der Waals surface area contributed by atoms with Crippen LogP contribution >= 0.6 is 0 Å². The van der Waals surface area contributed by atoms with Gasteiger partial charge in [-0.15, -0.1) is 0 Å². The van der Waals surface area contributed by atoms with E-state index in [0.29, 0.717) is 18.2 Å². The monoisotopic (exact) mass is 1440 g/mol. The average molecular weight is 1440 g/mol. The summed E-state index contributed by atoms with van der Waals surface area (Å²) >= 11 is 0. The van der Waals surface area contributed by atoms with Crippen molar-refractivity contribution < 1.29 is 151 Å². The second-order valence-corrected chi connectivity index (χ2v) is 26.3. The molecule has 5 heterocycles. The lowest BCUT2D eigenvalue weighted by Gasteiger charge is -2.45. The van der Waals surface area contributed by atoms with Crippen molar-refractivity contribution in [1.29, 1.82) is 0 Å². The molecule has 0 saturated heterocycles. The summed E-state index contributed by atoms with van der Waals surface area (Å²) in [5, 5.41) is 294. The summed E-state index contributed by atoms with van der Waals surface area (Å²) in [5.41, 5.74) is -5.67. The third-order valence-electron chi connectivity index (χ3n) is 20.2. The lowest BCUT2D eigenvalue weighted by molar-refractivity contribution is -0.0101. The molecule has 30 heteroatoms. The van der Waals surface area contributed by atoms with Gasteiger partial charge in [-0.3, -0.25) is 0 Å². The van der Waals surface area contributed by atoms with E-state index in [4.69, 9.17) is 23.7 Å². The number of aliphatic hydroxyl groups is 5. The van der Waals surface area contributed by atoms with Gasteiger partial charge in [0.25, 0.3) is 0 Å². The molecule has 0 spiro atoms. The Morgan fingerprint density at radius 3 is 0.771 bits per heavy atom. The van der Waals surface area contributed by atoms with E-state index in [1.807, 2.05) is 0 Å². The maximum absolute atomic E-state index is 13.4. The van der Waals surface area contributed by atoms with E-state index < -0.39 is 268 Å². The Balaban J connectivity index is 1.00. The molecule has 30 nitrogen and oxygen atoms in total. The fourth-order valence-electron chi connectivity index (χ4n) is 15.4. The van der Waals surface area contributed by atoms with Gasteiger partial charge in [0, 0.05) is 92.9 Å². The minimum Gasteiger partial charge on any atom is -0.508 e. The van der Waals surface area contributed by atoms with E-state index in [9.17, 15) is 128 Å². The van der Waals surface area contributed by atoms with Crippen LogP contribution in [0.4, 0.5) is 0 Å². The van der Waals surface area contributed by atoms with E-state index in [0.717, 1.165) is 91.0 Å². The minimum atomic E-state index is -2.31. The lowest BCUT2D eigenvalue weighted by atomic mass is 9.71. The first-order chi connectivity index (χ1) is 49.9. The van der Waals surface area contributed by atoms with E-state index >= 15 is 0 Å². The number of hydrogen-bond donors (Lipinski definition) is 25. The number of ether oxygens (including phenoxy) is 5. The van der Waals surface area contributed by atoms with Gasteiger partial charge in [-0.05, 0) is 88.5 Å². The highest BCUT2D eigenvalue weighted by molar-refractivity contribution is 5.75. The molecule has 0 bridgehead atoms. The number of rotatable bonds is 9. The molecule has 10 aromatic rings. The molecule has 15 rings (SSSR count). The number of hydrogen-bond acceptors (Lipinski definition) is 30. The van der Waals surface area contributed by atoms with Gasteiger partial charge in [0.2, 0.25) is 0 Å². The van der Waals surface area contributed by atoms with Gasteiger partial charge in [0.1, 0.15) is 117 Å². The Bertz CT molecular complexity index is 5270. The topological polar surface area (TPSA) is 552 Å². The Hall–Kier alpha value is -13.0. The standard InChI is InChI=1S/C75H62O30/c76-28-16-41(88)51-50(17-28)101-68(24-2-7-31(78)37(84)12-24)63(97)59(51)53-43(90)20-45(92)55-61(65(99)70(103-73(53)55)26-4-9-33(80)39(86)14-26)57-47(94)22-48(95)58-62(66(100)71(105-75(57)58)27-5-10-34(81)40(87)15-27)56-46(93)21-44(91)54-60(64(98)69(104-74(54)56)25-3-8-32(79)38(85)13-25)52-42(89)19-35(82)29-18-49(96)67(102-72(29)52)23-1-6-30(77)36(83)11-23/h1-17,19-22,49,59-71,76-100H,18H2/t49-,59-,60+,61-,62-,63-,64+,65+,66+,67-,68+,69+,70-,71+/m0/s1. The van der Waals surface area contributed by atoms with Crippen molar-refractivity contribution >= 4 is 0 Å². The molecule has 25 N–H and O–H groups in total. The molecule has 542 valence electrons. The summed E-state index contributed by atoms with van der Waals surface area (Å²) in [4.78, 5) is 0. The van der Waals surface area contributed by atoms with Gasteiger partial charge >= 0.3 is 0 Å². The molecule has 105 heavy (non-hydrogen) atoms. The molecule has 0 unspecified atom stereocenters. The first-order valence-corrected chi connectivity index (χ1v) is 32.1. The Kier molecular flexibility index (Phi) is 15.9. The van der Waals surface area contributed by atoms with Crippen molar-refractivity contribution in [2.24, 2.45) is 0 Å². The van der Waals surface area contributed by atoms with Crippen LogP contribution in [0.5, 0.6) is 144 Å². The number of phenols is 20. The molecule has 5 aliphatic rings. The van der Waals surface area contributed by atoms with Crippen LogP contribution in [0.25, 0.3) is 0 Å². The zero-order chi connectivity index (χ0) is 74.7. The van der Waals surface area contributed by atoms with E-state index in [-0.39, 0.29) is 44.7 Å². The molecule has 14 atom stereocenters. The highest BCUT2D eigenvalue weighted by Gasteiger charge is 2.55. The van der Waals surface area contributed by atoms with Crippen molar-refractivity contribution in [3.63, 3.8) is 0 Å². The molecular weight excluding hydrogens is 1380 g/mol. The van der Waals surface area contributed by atoms with Crippen LogP contribution in [-0.2, 0) is 6.42 Å². The average Bonchev–Trinajstić information content (AvgIpc) is 0.718. The van der Waals surface area contributed by atoms with E-state index in [1.165, 1.54) is 18.2 Å². The summed E-state index contributed by atoms with van der Waals surface area (Å²) in [7, 11) is 0. The Morgan fingerprint density at radius 2 is 0.467 bits per heavy atom. The predicted octanol–water partition coefficient (Wildman–Crippen LogP) is 7.34. The van der Waals surface area contributed by atoms with Crippen LogP contribution in [0.2, 0.25) is 0 Å². The lowest BCUT2D eigenvalue weighted by Crippen LogP contribution is -2.40. The minimum absolute atomic E-state index is 0.0287. The van der Waals surface area contributed by atoms with Gasteiger partial charge in [-0.25, -0.2) is 0 Å². The first kappa shape index (κ1) is 67.8. The molecule has 0 saturated carbocycles. The molecule has 10 aromatic carbocycles. The molecular formula is C75H62O30. The van der Waals surface area contributed by atoms with Crippen LogP contribution in [0.3, 0.4) is 0 Å². The van der Waals surface area contributed by atoms with Crippen LogP contribution in [0.15, 0.2) is 127 Å². The summed E-state index contributed by atoms with van der Waals surface area (Å²) in [5.74, 6) is -27.3. The van der Waals surface area contributed by atoms with Crippen LogP contribution in [0.1, 0.15) is 132 Å². The SMILES string of the molecule is Oc1cc(O)c2c(c1)O[C@H](c1ccc(O)c(O)c1)[C@@H](O)[C@@H]2c1c(O)cc(O)c2c1O[C@@H](c1ccc(O)c(O)c1)[C@H](O)[C@@H]2c1c(O)cc(O)c2c1O[C@H](c1ccc(O)c(O)c1)[C@H](O)[C@H]2c1c(O)cc(O)c2c1O[C@H](c1ccc(O)c(O)c1)[C@H](O)[C@@H]2c1c(O)cc(O)c2c1O[C@@H](c1ccc(O)c(O)c1)[C@@H](O)C2. The molecule has 0 aromatic heterocycles. The van der Waals surface area contributed by atoms with Crippen LogP contribution < -0.4 is 23.7 Å². The predicted molar refractivity (Wildman–Crippen MR) is 356 cm³/mol. The first-order valence-electron chi connectivity index (χ1n) is 32.1. The fraction of sp³-hybridized carbons (Fsp3) is 0.200. The Labute approximate surface area is 589 Å². The molecule has 0 fully saturated rings. The molecule has 0 aliphatic carbocycles.